The van der Waals surface area contributed by atoms with Crippen LogP contribution in [0.15, 0.2) is 41.8 Å². The average Bonchev–Trinajstić information content (AvgIpc) is 3.27. The molecule has 1 N–H and O–H groups in total. The summed E-state index contributed by atoms with van der Waals surface area (Å²) in [6.45, 7) is 2.48. The molecule has 0 saturated heterocycles. The minimum atomic E-state index is -0.547. The standard InChI is InChI=1S/C16H17N5O2S/c1-2-23-12-6-3-5-11(9-12)17-16(22)14(15-18-20-21-19-15)10-13-7-4-8-24-13/h3-9,14H,2,10H2,1H3,(H2,17,18,19,20,21,22)/p-1/t14-/m0/s1. The zero-order valence-electron chi connectivity index (χ0n) is 13.0. The molecule has 0 aliphatic rings. The van der Waals surface area contributed by atoms with Gasteiger partial charge in [0.1, 0.15) is 5.75 Å². The number of anilines is 1. The minimum Gasteiger partial charge on any atom is -0.494 e. The van der Waals surface area contributed by atoms with Crippen LogP contribution in [0.4, 0.5) is 5.69 Å². The summed E-state index contributed by atoms with van der Waals surface area (Å²) in [4.78, 5) is 13.8. The molecule has 24 heavy (non-hydrogen) atoms. The second-order valence-electron chi connectivity index (χ2n) is 5.02. The quantitative estimate of drug-likeness (QED) is 0.708. The number of hydrogen-bond acceptors (Lipinski definition) is 6. The van der Waals surface area contributed by atoms with E-state index in [2.05, 4.69) is 25.9 Å². The number of amides is 1. The van der Waals surface area contributed by atoms with Crippen LogP contribution in [0.5, 0.6) is 5.75 Å². The summed E-state index contributed by atoms with van der Waals surface area (Å²) in [5, 5.41) is 19.6. The first-order valence-corrected chi connectivity index (χ1v) is 8.39. The topological polar surface area (TPSA) is 91.1 Å². The van der Waals surface area contributed by atoms with Crippen LogP contribution in [0.3, 0.4) is 0 Å². The maximum atomic E-state index is 12.7. The molecule has 0 radical (unpaired) electrons. The SMILES string of the molecule is CCOc1cccc(NC(=O)[C@@H](Cc2cccs2)c2nnn[n-]2)c1. The van der Waals surface area contributed by atoms with Gasteiger partial charge in [0.05, 0.1) is 12.5 Å². The van der Waals surface area contributed by atoms with Crippen LogP contribution in [-0.2, 0) is 11.2 Å². The van der Waals surface area contributed by atoms with Gasteiger partial charge in [-0.25, -0.2) is 0 Å². The molecule has 0 unspecified atom stereocenters. The van der Waals surface area contributed by atoms with Crippen molar-refractivity contribution in [3.63, 3.8) is 0 Å². The molecule has 0 aliphatic heterocycles. The third-order valence-electron chi connectivity index (χ3n) is 3.36. The summed E-state index contributed by atoms with van der Waals surface area (Å²) in [6, 6.07) is 11.2. The Morgan fingerprint density at radius 3 is 3.00 bits per heavy atom. The van der Waals surface area contributed by atoms with Gasteiger partial charge in [-0.3, -0.25) is 15.1 Å². The van der Waals surface area contributed by atoms with Crippen molar-refractivity contribution in [2.45, 2.75) is 19.3 Å². The number of rotatable bonds is 7. The molecule has 124 valence electrons. The van der Waals surface area contributed by atoms with Crippen molar-refractivity contribution in [3.05, 3.63) is 52.5 Å². The Morgan fingerprint density at radius 2 is 2.29 bits per heavy atom. The molecule has 1 atom stereocenters. The monoisotopic (exact) mass is 342 g/mol. The van der Waals surface area contributed by atoms with Crippen molar-refractivity contribution < 1.29 is 9.53 Å². The molecule has 3 rings (SSSR count). The second kappa shape index (κ2) is 7.69. The molecule has 2 heterocycles. The van der Waals surface area contributed by atoms with Crippen LogP contribution in [-0.4, -0.2) is 28.0 Å². The van der Waals surface area contributed by atoms with Crippen molar-refractivity contribution in [1.82, 2.24) is 20.6 Å². The van der Waals surface area contributed by atoms with Crippen LogP contribution < -0.4 is 15.2 Å². The molecule has 2 aromatic heterocycles. The fraction of sp³-hybridized carbons (Fsp3) is 0.250. The van der Waals surface area contributed by atoms with Crippen molar-refractivity contribution >= 4 is 22.9 Å². The molecule has 0 spiro atoms. The first kappa shape index (κ1) is 16.1. The number of carbonyl (C=O) groups excluding carboxylic acids is 1. The van der Waals surface area contributed by atoms with E-state index in [9.17, 15) is 4.79 Å². The lowest BCUT2D eigenvalue weighted by atomic mass is 10.0. The predicted molar refractivity (Wildman–Crippen MR) is 90.2 cm³/mol. The van der Waals surface area contributed by atoms with Gasteiger partial charge in [-0.15, -0.1) is 11.3 Å². The van der Waals surface area contributed by atoms with Crippen molar-refractivity contribution in [3.8, 4) is 5.75 Å². The molecule has 7 nitrogen and oxygen atoms in total. The highest BCUT2D eigenvalue weighted by atomic mass is 32.1. The Kier molecular flexibility index (Phi) is 5.17. The Morgan fingerprint density at radius 1 is 1.38 bits per heavy atom. The Hall–Kier alpha value is -2.74. The Balaban J connectivity index is 1.77. The molecular weight excluding hydrogens is 326 g/mol. The maximum absolute atomic E-state index is 12.7. The highest BCUT2D eigenvalue weighted by Crippen LogP contribution is 2.23. The van der Waals surface area contributed by atoms with Gasteiger partial charge >= 0.3 is 0 Å². The zero-order chi connectivity index (χ0) is 16.8. The van der Waals surface area contributed by atoms with Crippen LogP contribution in [0, 0.1) is 0 Å². The summed E-state index contributed by atoms with van der Waals surface area (Å²) in [6.07, 6.45) is 0.502. The molecule has 0 saturated carbocycles. The van der Waals surface area contributed by atoms with Gasteiger partial charge in [-0.1, -0.05) is 12.1 Å². The third-order valence-corrected chi connectivity index (χ3v) is 4.26. The van der Waals surface area contributed by atoms with Crippen LogP contribution in [0.2, 0.25) is 0 Å². The predicted octanol–water partition coefficient (Wildman–Crippen LogP) is 2.25. The normalized spacial score (nSPS) is 11.9. The van der Waals surface area contributed by atoms with E-state index in [0.29, 0.717) is 30.3 Å². The van der Waals surface area contributed by atoms with Gasteiger partial charge < -0.3 is 15.2 Å². The summed E-state index contributed by atoms with van der Waals surface area (Å²) in [5.74, 6) is 0.279. The van der Waals surface area contributed by atoms with Gasteiger partial charge in [-0.05, 0) is 36.9 Å². The van der Waals surface area contributed by atoms with Gasteiger partial charge in [0, 0.05) is 22.5 Å². The Bertz CT molecular complexity index is 774. The molecule has 1 aromatic carbocycles. The smallest absolute Gasteiger partial charge is 0.232 e. The number of thiophene rings is 1. The number of aromatic nitrogens is 4. The van der Waals surface area contributed by atoms with E-state index < -0.39 is 5.92 Å². The van der Waals surface area contributed by atoms with Crippen LogP contribution in [0.25, 0.3) is 0 Å². The summed E-state index contributed by atoms with van der Waals surface area (Å²) in [7, 11) is 0. The maximum Gasteiger partial charge on any atom is 0.232 e. The van der Waals surface area contributed by atoms with Crippen molar-refractivity contribution in [1.29, 1.82) is 0 Å². The molecule has 0 fully saturated rings. The van der Waals surface area contributed by atoms with Crippen molar-refractivity contribution in [2.75, 3.05) is 11.9 Å². The van der Waals surface area contributed by atoms with E-state index in [4.69, 9.17) is 4.74 Å². The average molecular weight is 342 g/mol. The van der Waals surface area contributed by atoms with Gasteiger partial charge in [-0.2, -0.15) is 5.21 Å². The minimum absolute atomic E-state index is 0.202. The largest absolute Gasteiger partial charge is 0.494 e. The number of carbonyl (C=O) groups is 1. The highest BCUT2D eigenvalue weighted by molar-refractivity contribution is 7.09. The third kappa shape index (κ3) is 3.96. The van der Waals surface area contributed by atoms with E-state index in [1.54, 1.807) is 17.4 Å². The lowest BCUT2D eigenvalue weighted by Crippen LogP contribution is -2.24. The van der Waals surface area contributed by atoms with E-state index in [1.165, 1.54) is 0 Å². The first-order chi connectivity index (χ1) is 11.8. The Labute approximate surface area is 143 Å². The lowest BCUT2D eigenvalue weighted by Gasteiger charge is -2.16. The summed E-state index contributed by atoms with van der Waals surface area (Å²) in [5.41, 5.74) is 0.662. The number of nitrogens with one attached hydrogen (secondary N) is 1. The van der Waals surface area contributed by atoms with E-state index >= 15 is 0 Å². The summed E-state index contributed by atoms with van der Waals surface area (Å²) >= 11 is 1.58. The second-order valence-corrected chi connectivity index (χ2v) is 6.06. The van der Waals surface area contributed by atoms with Gasteiger partial charge in [0.2, 0.25) is 5.91 Å². The van der Waals surface area contributed by atoms with E-state index in [1.807, 2.05) is 42.6 Å². The lowest BCUT2D eigenvalue weighted by molar-refractivity contribution is -0.117. The molecule has 0 aliphatic carbocycles. The molecule has 1 amide bonds. The number of nitrogens with zero attached hydrogens (tertiary/aromatic N) is 4. The summed E-state index contributed by atoms with van der Waals surface area (Å²) < 4.78 is 5.45. The number of tetrazole rings is 1. The number of ether oxygens (including phenoxy) is 1. The zero-order valence-corrected chi connectivity index (χ0v) is 13.9. The highest BCUT2D eigenvalue weighted by Gasteiger charge is 2.21. The number of hydrogen-bond donors (Lipinski definition) is 1. The fourth-order valence-electron chi connectivity index (χ4n) is 2.28. The molecule has 8 heteroatoms. The van der Waals surface area contributed by atoms with E-state index in [0.717, 1.165) is 4.88 Å². The van der Waals surface area contributed by atoms with Gasteiger partial charge in [0.15, 0.2) is 0 Å². The fourth-order valence-corrected chi connectivity index (χ4v) is 3.03. The van der Waals surface area contributed by atoms with Crippen LogP contribution in [0.1, 0.15) is 23.5 Å². The molecular formula is C16H16N5O2S-. The van der Waals surface area contributed by atoms with Gasteiger partial charge in [0.25, 0.3) is 0 Å². The van der Waals surface area contributed by atoms with Crippen LogP contribution >= 0.6 is 11.3 Å². The first-order valence-electron chi connectivity index (χ1n) is 7.51. The van der Waals surface area contributed by atoms with Crippen molar-refractivity contribution in [2.24, 2.45) is 0 Å². The van der Waals surface area contributed by atoms with E-state index in [-0.39, 0.29) is 5.91 Å². The molecule has 3 aromatic rings. The molecule has 0 bridgehead atoms. The number of benzene rings is 1.